The zero-order valence-corrected chi connectivity index (χ0v) is 18.5. The highest BCUT2D eigenvalue weighted by molar-refractivity contribution is 7.16. The van der Waals surface area contributed by atoms with Gasteiger partial charge in [-0.2, -0.15) is 4.98 Å². The first kappa shape index (κ1) is 23.4. The molecule has 13 nitrogen and oxygen atoms in total. The number of carbonyl (C=O) groups excluding carboxylic acids is 3. The number of hydrogen-bond acceptors (Lipinski definition) is 13. The van der Waals surface area contributed by atoms with Gasteiger partial charge in [-0.05, 0) is 13.8 Å². The Bertz CT molecular complexity index is 1080. The van der Waals surface area contributed by atoms with E-state index in [9.17, 15) is 19.2 Å². The summed E-state index contributed by atoms with van der Waals surface area (Å²) in [7, 11) is 0. The van der Waals surface area contributed by atoms with Crippen LogP contribution in [-0.2, 0) is 33.3 Å². The average Bonchev–Trinajstić information content (AvgIpc) is 3.15. The molecule has 1 aliphatic rings. The number of rotatable bonds is 6. The predicted molar refractivity (Wildman–Crippen MR) is 109 cm³/mol. The van der Waals surface area contributed by atoms with E-state index in [1.165, 1.54) is 13.1 Å². The van der Waals surface area contributed by atoms with Gasteiger partial charge in [0.15, 0.2) is 24.1 Å². The molecule has 3 rings (SSSR count). The van der Waals surface area contributed by atoms with Crippen LogP contribution in [0.2, 0.25) is 0 Å². The van der Waals surface area contributed by atoms with Gasteiger partial charge in [0.25, 0.3) is 0 Å². The molecule has 0 spiro atoms. The van der Waals surface area contributed by atoms with Gasteiger partial charge < -0.3 is 29.4 Å². The van der Waals surface area contributed by atoms with Gasteiger partial charge >= 0.3 is 23.0 Å². The third-order valence-corrected chi connectivity index (χ3v) is 5.11. The minimum atomic E-state index is -1.32. The number of hydrogen-bond donors (Lipinski definition) is 1. The van der Waals surface area contributed by atoms with Crippen LogP contribution in [0.3, 0.4) is 0 Å². The minimum absolute atomic E-state index is 0.0910. The second-order valence-corrected chi connectivity index (χ2v) is 8.09. The summed E-state index contributed by atoms with van der Waals surface area (Å²) in [5.74, 6) is -1.40. The minimum Gasteiger partial charge on any atom is -0.463 e. The molecule has 1 saturated heterocycles. The summed E-state index contributed by atoms with van der Waals surface area (Å²) >= 11 is 0.822. The van der Waals surface area contributed by atoms with Crippen LogP contribution >= 0.6 is 11.3 Å². The first-order chi connectivity index (χ1) is 15.1. The van der Waals surface area contributed by atoms with Crippen molar-refractivity contribution >= 4 is 45.7 Å². The molecule has 0 amide bonds. The van der Waals surface area contributed by atoms with E-state index in [1.54, 1.807) is 13.8 Å². The molecular formula is C18H22N4O9S. The number of nitrogen functional groups attached to an aromatic ring is 1. The molecule has 4 atom stereocenters. The summed E-state index contributed by atoms with van der Waals surface area (Å²) < 4.78 is 28.2. The quantitative estimate of drug-likeness (QED) is 0.465. The number of fused-ring (bicyclic) bond motifs is 1. The predicted octanol–water partition coefficient (Wildman–Crippen LogP) is 0.758. The van der Waals surface area contributed by atoms with E-state index in [2.05, 4.69) is 9.97 Å². The average molecular weight is 470 g/mol. The number of thiazole rings is 1. The molecule has 2 aromatic rings. The SMILES string of the molecule is CC(=O)OC[C@H]1O[C@@H](n2c(=O)sc3cnc(N)nc32)[C@H](OC(=O)OC(C)C)[C@@H]1OC(C)=O. The highest BCUT2D eigenvalue weighted by Gasteiger charge is 2.52. The van der Waals surface area contributed by atoms with Crippen LogP contribution in [-0.4, -0.2) is 63.7 Å². The fourth-order valence-corrected chi connectivity index (χ4v) is 3.93. The summed E-state index contributed by atoms with van der Waals surface area (Å²) in [6.07, 6.45) is -5.05. The van der Waals surface area contributed by atoms with Crippen LogP contribution in [0.1, 0.15) is 33.9 Å². The standard InChI is InChI=1S/C18H22N4O9S/c1-7(2)28-18(26)31-13-12(29-9(4)24)10(6-27-8(3)23)30-15(13)22-14-11(32-17(22)25)5-20-16(19)21-14/h5,7,10,12-13,15H,6H2,1-4H3,(H2,19,20,21)/t10-,12-,13-,15-/m1/s1. The molecule has 1 fully saturated rings. The van der Waals surface area contributed by atoms with Crippen molar-refractivity contribution in [3.63, 3.8) is 0 Å². The maximum absolute atomic E-state index is 12.8. The van der Waals surface area contributed by atoms with E-state index in [0.717, 1.165) is 22.8 Å². The highest BCUT2D eigenvalue weighted by atomic mass is 32.1. The van der Waals surface area contributed by atoms with Gasteiger partial charge in [0, 0.05) is 13.8 Å². The first-order valence-corrected chi connectivity index (χ1v) is 10.3. The van der Waals surface area contributed by atoms with Crippen molar-refractivity contribution in [2.24, 2.45) is 0 Å². The summed E-state index contributed by atoms with van der Waals surface area (Å²) in [5, 5.41) is 0. The van der Waals surface area contributed by atoms with E-state index < -0.39 is 53.6 Å². The van der Waals surface area contributed by atoms with E-state index >= 15 is 0 Å². The molecule has 1 aliphatic heterocycles. The summed E-state index contributed by atoms with van der Waals surface area (Å²) in [6.45, 7) is 5.26. The summed E-state index contributed by atoms with van der Waals surface area (Å²) in [6, 6.07) is 0. The maximum atomic E-state index is 12.8. The Morgan fingerprint density at radius 2 is 1.94 bits per heavy atom. The second-order valence-electron chi connectivity index (χ2n) is 7.09. The fourth-order valence-electron chi connectivity index (χ4n) is 3.11. The third-order valence-electron chi connectivity index (χ3n) is 4.23. The Morgan fingerprint density at radius 1 is 1.22 bits per heavy atom. The van der Waals surface area contributed by atoms with Crippen LogP contribution in [0.4, 0.5) is 10.7 Å². The third kappa shape index (κ3) is 5.13. The van der Waals surface area contributed by atoms with Crippen molar-refractivity contribution in [2.45, 2.75) is 58.3 Å². The van der Waals surface area contributed by atoms with Crippen molar-refractivity contribution in [2.75, 3.05) is 12.3 Å². The Hall–Kier alpha value is -3.26. The molecule has 0 unspecified atom stereocenters. The van der Waals surface area contributed by atoms with Gasteiger partial charge in [-0.15, -0.1) is 0 Å². The summed E-state index contributed by atoms with van der Waals surface area (Å²) in [4.78, 5) is 55.5. The van der Waals surface area contributed by atoms with E-state index in [0.29, 0.717) is 4.70 Å². The molecule has 32 heavy (non-hydrogen) atoms. The van der Waals surface area contributed by atoms with Gasteiger partial charge in [-0.1, -0.05) is 11.3 Å². The smallest absolute Gasteiger partial charge is 0.463 e. The van der Waals surface area contributed by atoms with Crippen LogP contribution in [0.15, 0.2) is 11.0 Å². The van der Waals surface area contributed by atoms with Crippen molar-refractivity contribution in [1.82, 2.24) is 14.5 Å². The van der Waals surface area contributed by atoms with Crippen LogP contribution in [0.25, 0.3) is 10.3 Å². The highest BCUT2D eigenvalue weighted by Crippen LogP contribution is 2.36. The van der Waals surface area contributed by atoms with Gasteiger partial charge in [0.05, 0.1) is 17.0 Å². The number of nitrogens with two attached hydrogens (primary N) is 1. The van der Waals surface area contributed by atoms with Gasteiger partial charge in [-0.3, -0.25) is 19.0 Å². The van der Waals surface area contributed by atoms with Gasteiger partial charge in [0.2, 0.25) is 5.95 Å². The summed E-state index contributed by atoms with van der Waals surface area (Å²) in [5.41, 5.74) is 5.80. The molecule has 14 heteroatoms. The Morgan fingerprint density at radius 3 is 2.56 bits per heavy atom. The molecule has 0 bridgehead atoms. The van der Waals surface area contributed by atoms with Crippen LogP contribution in [0, 0.1) is 0 Å². The number of aromatic nitrogens is 3. The largest absolute Gasteiger partial charge is 0.509 e. The molecule has 0 radical (unpaired) electrons. The van der Waals surface area contributed by atoms with Crippen molar-refractivity contribution in [1.29, 1.82) is 0 Å². The van der Waals surface area contributed by atoms with Crippen LogP contribution in [0.5, 0.6) is 0 Å². The lowest BCUT2D eigenvalue weighted by Crippen LogP contribution is -2.41. The zero-order chi connectivity index (χ0) is 23.6. The molecular weight excluding hydrogens is 448 g/mol. The topological polar surface area (TPSA) is 171 Å². The molecule has 2 aromatic heterocycles. The van der Waals surface area contributed by atoms with Crippen molar-refractivity contribution < 1.29 is 38.1 Å². The lowest BCUT2D eigenvalue weighted by Gasteiger charge is -2.24. The zero-order valence-electron chi connectivity index (χ0n) is 17.7. The normalized spacial score (nSPS) is 22.7. The fraction of sp³-hybridized carbons (Fsp3) is 0.556. The van der Waals surface area contributed by atoms with E-state index in [1.807, 2.05) is 0 Å². The number of nitrogens with zero attached hydrogens (tertiary/aromatic N) is 3. The molecule has 0 saturated carbocycles. The number of carbonyl (C=O) groups is 3. The monoisotopic (exact) mass is 470 g/mol. The Kier molecular flexibility index (Phi) is 6.93. The van der Waals surface area contributed by atoms with Crippen molar-refractivity contribution in [3.8, 4) is 0 Å². The van der Waals surface area contributed by atoms with Crippen LogP contribution < -0.4 is 10.6 Å². The second kappa shape index (κ2) is 9.48. The van der Waals surface area contributed by atoms with Gasteiger partial charge in [-0.25, -0.2) is 9.78 Å². The van der Waals surface area contributed by atoms with E-state index in [4.69, 9.17) is 29.4 Å². The Labute approximate surface area is 185 Å². The molecule has 2 N–H and O–H groups in total. The first-order valence-electron chi connectivity index (χ1n) is 9.53. The molecule has 3 heterocycles. The van der Waals surface area contributed by atoms with Gasteiger partial charge in [0.1, 0.15) is 12.7 Å². The lowest BCUT2D eigenvalue weighted by molar-refractivity contribution is -0.158. The lowest BCUT2D eigenvalue weighted by atomic mass is 10.1. The number of esters is 2. The van der Waals surface area contributed by atoms with E-state index in [-0.39, 0.29) is 18.2 Å². The maximum Gasteiger partial charge on any atom is 0.509 e. The molecule has 174 valence electrons. The van der Waals surface area contributed by atoms with Crippen molar-refractivity contribution in [3.05, 3.63) is 15.9 Å². The number of ether oxygens (including phenoxy) is 5. The number of anilines is 1. The molecule has 0 aromatic carbocycles. The molecule has 0 aliphatic carbocycles. The Balaban J connectivity index is 2.06.